The Bertz CT molecular complexity index is 212. The first-order chi connectivity index (χ1) is 5.74. The number of ether oxygens (including phenoxy) is 1. The highest BCUT2D eigenvalue weighted by atomic mass is 16.5. The summed E-state index contributed by atoms with van der Waals surface area (Å²) < 4.78 is 4.96. The van der Waals surface area contributed by atoms with E-state index in [2.05, 4.69) is 0 Å². The van der Waals surface area contributed by atoms with Crippen molar-refractivity contribution in [2.24, 2.45) is 5.92 Å². The highest BCUT2D eigenvalue weighted by Gasteiger charge is 2.60. The predicted molar refractivity (Wildman–Crippen MR) is 41.8 cm³/mol. The van der Waals surface area contributed by atoms with E-state index in [1.54, 1.807) is 7.11 Å². The Morgan fingerprint density at radius 1 is 1.75 bits per heavy atom. The number of nitrogens with zero attached hydrogens (tertiary/aromatic N) is 1. The Morgan fingerprint density at radius 3 is 2.75 bits per heavy atom. The third kappa shape index (κ3) is 0.748. The normalized spacial score (nSPS) is 44.7. The monoisotopic (exact) mass is 171 g/mol. The van der Waals surface area contributed by atoms with Crippen molar-refractivity contribution in [3.05, 3.63) is 0 Å². The molecule has 0 aromatic carbocycles. The molecule has 0 amide bonds. The minimum atomic E-state index is -0.695. The van der Waals surface area contributed by atoms with Crippen LogP contribution in [0.4, 0.5) is 0 Å². The van der Waals surface area contributed by atoms with Gasteiger partial charge in [-0.05, 0) is 0 Å². The first-order valence-corrected chi connectivity index (χ1v) is 4.14. The van der Waals surface area contributed by atoms with Gasteiger partial charge in [0.2, 0.25) is 0 Å². The van der Waals surface area contributed by atoms with Gasteiger partial charge < -0.3 is 9.84 Å². The molecule has 3 aliphatic heterocycles. The molecule has 4 heteroatoms. The first kappa shape index (κ1) is 8.16. The van der Waals surface area contributed by atoms with Crippen LogP contribution >= 0.6 is 0 Å². The maximum Gasteiger partial charge on any atom is 0.163 e. The number of carbonyl (C=O) groups is 1. The van der Waals surface area contributed by atoms with E-state index >= 15 is 0 Å². The number of rotatable bonds is 3. The fourth-order valence-corrected chi connectivity index (χ4v) is 2.15. The average molecular weight is 171 g/mol. The lowest BCUT2D eigenvalue weighted by molar-refractivity contribution is -0.127. The van der Waals surface area contributed by atoms with Crippen molar-refractivity contribution >= 4 is 5.78 Å². The Labute approximate surface area is 71.1 Å². The van der Waals surface area contributed by atoms with E-state index in [1.807, 2.05) is 4.90 Å². The molecule has 0 saturated carbocycles. The van der Waals surface area contributed by atoms with Gasteiger partial charge in [0.05, 0.1) is 13.2 Å². The molecule has 3 saturated heterocycles. The van der Waals surface area contributed by atoms with E-state index in [-0.39, 0.29) is 18.3 Å². The fourth-order valence-electron chi connectivity index (χ4n) is 2.15. The summed E-state index contributed by atoms with van der Waals surface area (Å²) in [5, 5.41) is 9.17. The summed E-state index contributed by atoms with van der Waals surface area (Å²) in [4.78, 5) is 13.6. The number of aliphatic hydroxyl groups is 1. The average Bonchev–Trinajstić information content (AvgIpc) is 2.37. The van der Waals surface area contributed by atoms with Gasteiger partial charge in [-0.1, -0.05) is 0 Å². The zero-order valence-electron chi connectivity index (χ0n) is 7.12. The van der Waals surface area contributed by atoms with Crippen LogP contribution in [0.1, 0.15) is 0 Å². The number of methoxy groups -OCH3 is 1. The molecule has 1 atom stereocenters. The third-order valence-electron chi connectivity index (χ3n) is 2.96. The highest BCUT2D eigenvalue weighted by Crippen LogP contribution is 2.39. The van der Waals surface area contributed by atoms with Crippen LogP contribution in [-0.4, -0.2) is 54.7 Å². The maximum atomic E-state index is 11.6. The van der Waals surface area contributed by atoms with Crippen molar-refractivity contribution in [2.75, 3.05) is 33.4 Å². The second kappa shape index (κ2) is 2.52. The summed E-state index contributed by atoms with van der Waals surface area (Å²) >= 11 is 0. The highest BCUT2D eigenvalue weighted by molar-refractivity contribution is 5.96. The van der Waals surface area contributed by atoms with Crippen molar-refractivity contribution in [1.29, 1.82) is 0 Å². The molecule has 3 aliphatic rings. The molecule has 3 heterocycles. The largest absolute Gasteiger partial charge is 0.394 e. The molecule has 4 nitrogen and oxygen atoms in total. The van der Waals surface area contributed by atoms with Crippen LogP contribution in [0, 0.1) is 5.92 Å². The molecule has 68 valence electrons. The second-order valence-corrected chi connectivity index (χ2v) is 3.59. The summed E-state index contributed by atoms with van der Waals surface area (Å²) in [6.45, 7) is 1.82. The molecule has 0 aliphatic carbocycles. The van der Waals surface area contributed by atoms with Crippen molar-refractivity contribution in [3.63, 3.8) is 0 Å². The number of hydrogen-bond donors (Lipinski definition) is 1. The van der Waals surface area contributed by atoms with Gasteiger partial charge in [-0.15, -0.1) is 0 Å². The van der Waals surface area contributed by atoms with E-state index in [1.165, 1.54) is 0 Å². The fraction of sp³-hybridized carbons (Fsp3) is 0.875. The van der Waals surface area contributed by atoms with Gasteiger partial charge in [-0.3, -0.25) is 9.69 Å². The summed E-state index contributed by atoms with van der Waals surface area (Å²) in [6, 6.07) is 0. The van der Waals surface area contributed by atoms with Crippen molar-refractivity contribution in [2.45, 2.75) is 5.54 Å². The summed E-state index contributed by atoms with van der Waals surface area (Å²) in [6.07, 6.45) is 0. The predicted octanol–water partition coefficient (Wildman–Crippen LogP) is -1.12. The number of Topliss-reactive ketones (excluding diaryl/α,β-unsaturated/α-hetero) is 1. The Hall–Kier alpha value is -0.450. The number of aliphatic hydroxyl groups excluding tert-OH is 1. The van der Waals surface area contributed by atoms with Gasteiger partial charge in [0, 0.05) is 26.1 Å². The molecule has 0 radical (unpaired) electrons. The second-order valence-electron chi connectivity index (χ2n) is 3.59. The minimum absolute atomic E-state index is 0.115. The summed E-state index contributed by atoms with van der Waals surface area (Å²) in [5.41, 5.74) is -0.695. The van der Waals surface area contributed by atoms with Crippen molar-refractivity contribution < 1.29 is 14.6 Å². The van der Waals surface area contributed by atoms with Crippen LogP contribution in [0.15, 0.2) is 0 Å². The van der Waals surface area contributed by atoms with E-state index in [0.717, 1.165) is 13.1 Å². The molecule has 12 heavy (non-hydrogen) atoms. The molecule has 2 bridgehead atoms. The van der Waals surface area contributed by atoms with Gasteiger partial charge in [-0.25, -0.2) is 0 Å². The van der Waals surface area contributed by atoms with Gasteiger partial charge in [0.25, 0.3) is 0 Å². The van der Waals surface area contributed by atoms with Crippen LogP contribution < -0.4 is 0 Å². The van der Waals surface area contributed by atoms with Gasteiger partial charge in [-0.2, -0.15) is 0 Å². The quantitative estimate of drug-likeness (QED) is 0.584. The molecule has 1 N–H and O–H groups in total. The van der Waals surface area contributed by atoms with Crippen LogP contribution in [0.25, 0.3) is 0 Å². The summed E-state index contributed by atoms with van der Waals surface area (Å²) in [5.74, 6) is 0.319. The van der Waals surface area contributed by atoms with E-state index in [4.69, 9.17) is 4.74 Å². The Morgan fingerprint density at radius 2 is 2.42 bits per heavy atom. The summed E-state index contributed by atoms with van der Waals surface area (Å²) in [7, 11) is 1.56. The number of carbonyl (C=O) groups excluding carboxylic acids is 1. The Kier molecular flexibility index (Phi) is 1.71. The van der Waals surface area contributed by atoms with Gasteiger partial charge in [0.1, 0.15) is 5.54 Å². The zero-order valence-corrected chi connectivity index (χ0v) is 7.12. The standard InChI is InChI=1S/C8H13NO3/c1-12-5-8(4-10)7(11)6-2-9(8)3-6/h6,10H,2-5H2,1H3. The lowest BCUT2D eigenvalue weighted by Gasteiger charge is -2.35. The maximum absolute atomic E-state index is 11.6. The molecular weight excluding hydrogens is 158 g/mol. The van der Waals surface area contributed by atoms with E-state index < -0.39 is 5.54 Å². The van der Waals surface area contributed by atoms with Crippen LogP contribution in [0.5, 0.6) is 0 Å². The lowest BCUT2D eigenvalue weighted by Crippen LogP contribution is -2.53. The van der Waals surface area contributed by atoms with E-state index in [9.17, 15) is 9.90 Å². The molecule has 0 aromatic rings. The molecule has 1 unspecified atom stereocenters. The van der Waals surface area contributed by atoms with E-state index in [0.29, 0.717) is 6.61 Å². The van der Waals surface area contributed by atoms with Gasteiger partial charge in [0.15, 0.2) is 5.78 Å². The number of fused-ring (bicyclic) bond motifs is 1. The molecule has 3 rings (SSSR count). The SMILES string of the molecule is COCC1(CO)C(=O)C2CN1C2. The van der Waals surface area contributed by atoms with Crippen molar-refractivity contribution in [1.82, 2.24) is 4.90 Å². The number of hydrogen-bond acceptors (Lipinski definition) is 4. The Balaban J connectivity index is 2.21. The first-order valence-electron chi connectivity index (χ1n) is 4.14. The zero-order chi connectivity index (χ0) is 8.77. The number of ketones is 1. The van der Waals surface area contributed by atoms with Crippen molar-refractivity contribution in [3.8, 4) is 0 Å². The molecule has 3 fully saturated rings. The topological polar surface area (TPSA) is 49.8 Å². The molecular formula is C8H13NO3. The van der Waals surface area contributed by atoms with Crippen LogP contribution in [0.3, 0.4) is 0 Å². The smallest absolute Gasteiger partial charge is 0.163 e. The third-order valence-corrected chi connectivity index (χ3v) is 2.96. The van der Waals surface area contributed by atoms with Crippen LogP contribution in [0.2, 0.25) is 0 Å². The molecule has 0 aromatic heterocycles. The molecule has 0 spiro atoms. The minimum Gasteiger partial charge on any atom is -0.394 e. The lowest BCUT2D eigenvalue weighted by atomic mass is 9.96. The van der Waals surface area contributed by atoms with Gasteiger partial charge >= 0.3 is 0 Å². The van der Waals surface area contributed by atoms with Crippen LogP contribution in [-0.2, 0) is 9.53 Å².